The number of nitrogens with one attached hydrogen (secondary N) is 1. The predicted octanol–water partition coefficient (Wildman–Crippen LogP) is 3.49. The Kier molecular flexibility index (Phi) is 4.57. The maximum absolute atomic E-state index is 12.2. The fraction of sp³-hybridized carbons (Fsp3) is 0.143. The smallest absolute Gasteiger partial charge is 0.259 e. The molecule has 1 aromatic heterocycles. The molecule has 2 aromatic rings. The molecule has 6 heteroatoms. The lowest BCUT2D eigenvalue weighted by molar-refractivity contribution is 0.102. The number of aryl methyl sites for hydroxylation is 1. The van der Waals surface area contributed by atoms with E-state index in [4.69, 9.17) is 22.4 Å². The van der Waals surface area contributed by atoms with E-state index in [0.717, 1.165) is 10.0 Å². The maximum atomic E-state index is 12.2. The van der Waals surface area contributed by atoms with Gasteiger partial charge in [-0.2, -0.15) is 0 Å². The average Bonchev–Trinajstić information content (AvgIpc) is 2.89. The van der Waals surface area contributed by atoms with Crippen molar-refractivity contribution < 1.29 is 9.21 Å². The van der Waals surface area contributed by atoms with Crippen molar-refractivity contribution in [3.05, 3.63) is 51.9 Å². The molecule has 0 unspecified atom stereocenters. The third-order valence-corrected chi connectivity index (χ3v) is 3.70. The standard InChI is InChI=1S/C14H13BrN2O2S/c1-2-12-9(5-6-19-12)14(18)17-11-4-3-8(13(16)20)7-10(11)15/h3-7H,2H2,1H3,(H2,16,20)(H,17,18). The third kappa shape index (κ3) is 3.08. The van der Waals surface area contributed by atoms with Crippen LogP contribution >= 0.6 is 28.1 Å². The molecule has 3 N–H and O–H groups in total. The number of hydrogen-bond acceptors (Lipinski definition) is 3. The summed E-state index contributed by atoms with van der Waals surface area (Å²) in [4.78, 5) is 12.5. The number of amides is 1. The highest BCUT2D eigenvalue weighted by atomic mass is 79.9. The Morgan fingerprint density at radius 3 is 2.80 bits per heavy atom. The number of thiocarbonyl (C=S) groups is 1. The van der Waals surface area contributed by atoms with Gasteiger partial charge in [0.05, 0.1) is 17.5 Å². The van der Waals surface area contributed by atoms with Crippen LogP contribution in [-0.4, -0.2) is 10.9 Å². The highest BCUT2D eigenvalue weighted by Crippen LogP contribution is 2.25. The second kappa shape index (κ2) is 6.19. The van der Waals surface area contributed by atoms with Crippen LogP contribution in [0.2, 0.25) is 0 Å². The van der Waals surface area contributed by atoms with Crippen molar-refractivity contribution in [3.8, 4) is 0 Å². The van der Waals surface area contributed by atoms with Gasteiger partial charge in [-0.3, -0.25) is 4.79 Å². The van der Waals surface area contributed by atoms with Gasteiger partial charge in [-0.1, -0.05) is 19.1 Å². The molecule has 20 heavy (non-hydrogen) atoms. The van der Waals surface area contributed by atoms with E-state index in [1.165, 1.54) is 6.26 Å². The summed E-state index contributed by atoms with van der Waals surface area (Å²) >= 11 is 8.30. The Labute approximate surface area is 130 Å². The zero-order chi connectivity index (χ0) is 14.7. The van der Waals surface area contributed by atoms with Crippen molar-refractivity contribution in [3.63, 3.8) is 0 Å². The Morgan fingerprint density at radius 2 is 2.20 bits per heavy atom. The summed E-state index contributed by atoms with van der Waals surface area (Å²) in [5.41, 5.74) is 7.49. The van der Waals surface area contributed by atoms with Crippen LogP contribution in [0.1, 0.15) is 28.6 Å². The number of benzene rings is 1. The summed E-state index contributed by atoms with van der Waals surface area (Å²) in [6, 6.07) is 6.94. The van der Waals surface area contributed by atoms with E-state index < -0.39 is 0 Å². The lowest BCUT2D eigenvalue weighted by atomic mass is 10.1. The normalized spacial score (nSPS) is 10.3. The summed E-state index contributed by atoms with van der Waals surface area (Å²) in [5, 5.41) is 2.82. The molecule has 0 fully saturated rings. The number of carbonyl (C=O) groups is 1. The summed E-state index contributed by atoms with van der Waals surface area (Å²) in [5.74, 6) is 0.456. The van der Waals surface area contributed by atoms with Crippen LogP contribution in [0.5, 0.6) is 0 Å². The molecular formula is C14H13BrN2O2S. The Bertz CT molecular complexity index is 667. The molecule has 0 saturated carbocycles. The Morgan fingerprint density at radius 1 is 1.45 bits per heavy atom. The molecule has 0 atom stereocenters. The molecule has 0 spiro atoms. The fourth-order valence-electron chi connectivity index (χ4n) is 1.78. The van der Waals surface area contributed by atoms with Crippen molar-refractivity contribution in [2.24, 2.45) is 5.73 Å². The number of nitrogens with two attached hydrogens (primary N) is 1. The number of carbonyl (C=O) groups excluding carboxylic acids is 1. The van der Waals surface area contributed by atoms with E-state index in [9.17, 15) is 4.79 Å². The van der Waals surface area contributed by atoms with Gasteiger partial charge in [0.2, 0.25) is 0 Å². The van der Waals surface area contributed by atoms with Crippen molar-refractivity contribution in [1.29, 1.82) is 0 Å². The van der Waals surface area contributed by atoms with Crippen LogP contribution in [0.25, 0.3) is 0 Å². The van der Waals surface area contributed by atoms with Crippen molar-refractivity contribution in [2.45, 2.75) is 13.3 Å². The summed E-state index contributed by atoms with van der Waals surface area (Å²) < 4.78 is 5.97. The van der Waals surface area contributed by atoms with E-state index in [2.05, 4.69) is 21.2 Å². The molecular weight excluding hydrogens is 340 g/mol. The first kappa shape index (κ1) is 14.7. The fourth-order valence-corrected chi connectivity index (χ4v) is 2.38. The predicted molar refractivity (Wildman–Crippen MR) is 86.1 cm³/mol. The van der Waals surface area contributed by atoms with Crippen LogP contribution in [-0.2, 0) is 6.42 Å². The summed E-state index contributed by atoms with van der Waals surface area (Å²) in [7, 11) is 0. The van der Waals surface area contributed by atoms with Gasteiger partial charge in [-0.05, 0) is 40.2 Å². The monoisotopic (exact) mass is 352 g/mol. The minimum Gasteiger partial charge on any atom is -0.469 e. The number of halogens is 1. The highest BCUT2D eigenvalue weighted by Gasteiger charge is 2.14. The molecule has 0 bridgehead atoms. The number of furan rings is 1. The molecule has 0 saturated heterocycles. The van der Waals surface area contributed by atoms with Gasteiger partial charge in [0, 0.05) is 16.5 Å². The van der Waals surface area contributed by atoms with E-state index in [1.54, 1.807) is 24.3 Å². The highest BCUT2D eigenvalue weighted by molar-refractivity contribution is 9.10. The zero-order valence-corrected chi connectivity index (χ0v) is 13.2. The van der Waals surface area contributed by atoms with Gasteiger partial charge in [0.25, 0.3) is 5.91 Å². The van der Waals surface area contributed by atoms with Gasteiger partial charge in [-0.25, -0.2) is 0 Å². The van der Waals surface area contributed by atoms with E-state index >= 15 is 0 Å². The molecule has 1 heterocycles. The Balaban J connectivity index is 2.22. The quantitative estimate of drug-likeness (QED) is 0.826. The Hall–Kier alpha value is -1.66. The first-order valence-corrected chi connectivity index (χ1v) is 7.20. The lowest BCUT2D eigenvalue weighted by Gasteiger charge is -2.08. The van der Waals surface area contributed by atoms with Crippen LogP contribution in [0.4, 0.5) is 5.69 Å². The summed E-state index contributed by atoms with van der Waals surface area (Å²) in [6.45, 7) is 1.93. The lowest BCUT2D eigenvalue weighted by Crippen LogP contribution is -2.14. The minimum absolute atomic E-state index is 0.209. The summed E-state index contributed by atoms with van der Waals surface area (Å²) in [6.07, 6.45) is 2.18. The van der Waals surface area contributed by atoms with Gasteiger partial charge < -0.3 is 15.5 Å². The molecule has 1 amide bonds. The molecule has 104 valence electrons. The molecule has 1 aromatic carbocycles. The van der Waals surface area contributed by atoms with Crippen molar-refractivity contribution >= 4 is 44.7 Å². The van der Waals surface area contributed by atoms with E-state index in [1.807, 2.05) is 6.92 Å². The second-order valence-corrected chi connectivity index (χ2v) is 5.42. The molecule has 0 aliphatic carbocycles. The number of rotatable bonds is 4. The largest absolute Gasteiger partial charge is 0.469 e. The van der Waals surface area contributed by atoms with Crippen molar-refractivity contribution in [1.82, 2.24) is 0 Å². The van der Waals surface area contributed by atoms with E-state index in [-0.39, 0.29) is 5.91 Å². The van der Waals surface area contributed by atoms with Gasteiger partial charge >= 0.3 is 0 Å². The molecule has 0 aliphatic rings. The zero-order valence-electron chi connectivity index (χ0n) is 10.8. The van der Waals surface area contributed by atoms with Gasteiger partial charge in [0.1, 0.15) is 10.7 Å². The van der Waals surface area contributed by atoms with Crippen LogP contribution in [0, 0.1) is 0 Å². The SMILES string of the molecule is CCc1occc1C(=O)Nc1ccc(C(N)=S)cc1Br. The molecule has 0 radical (unpaired) electrons. The first-order chi connectivity index (χ1) is 9.52. The third-order valence-electron chi connectivity index (χ3n) is 2.81. The maximum Gasteiger partial charge on any atom is 0.259 e. The van der Waals surface area contributed by atoms with Crippen LogP contribution in [0.3, 0.4) is 0 Å². The number of anilines is 1. The molecule has 4 nitrogen and oxygen atoms in total. The average molecular weight is 353 g/mol. The first-order valence-electron chi connectivity index (χ1n) is 6.00. The molecule has 2 rings (SSSR count). The van der Waals surface area contributed by atoms with E-state index in [0.29, 0.717) is 28.4 Å². The minimum atomic E-state index is -0.209. The van der Waals surface area contributed by atoms with Crippen molar-refractivity contribution in [2.75, 3.05) is 5.32 Å². The topological polar surface area (TPSA) is 68.3 Å². The van der Waals surface area contributed by atoms with Crippen LogP contribution in [0.15, 0.2) is 39.4 Å². The number of hydrogen-bond donors (Lipinski definition) is 2. The van der Waals surface area contributed by atoms with Crippen LogP contribution < -0.4 is 11.1 Å². The molecule has 0 aliphatic heterocycles. The second-order valence-electron chi connectivity index (χ2n) is 4.12. The van der Waals surface area contributed by atoms with Gasteiger partial charge in [-0.15, -0.1) is 0 Å². The van der Waals surface area contributed by atoms with Gasteiger partial charge in [0.15, 0.2) is 0 Å².